The number of hydrogen-bond donors (Lipinski definition) is 1. The standard InChI is InChI=1S/C19H25N5O3/c1-15-4-2-5-16(12-15)14-20-23-17-13-18(24-6-10-26-11-7-24)22-19(21-17)27-9-3-8-25/h2,4-5,12-13,25H,3,6-11,14H2,1H3. The van der Waals surface area contributed by atoms with Crippen LogP contribution in [0.15, 0.2) is 40.6 Å². The number of aromatic nitrogens is 2. The van der Waals surface area contributed by atoms with E-state index in [4.69, 9.17) is 14.6 Å². The molecule has 0 radical (unpaired) electrons. The summed E-state index contributed by atoms with van der Waals surface area (Å²) < 4.78 is 11.0. The lowest BCUT2D eigenvalue weighted by atomic mass is 10.1. The van der Waals surface area contributed by atoms with Crippen molar-refractivity contribution in [1.29, 1.82) is 0 Å². The van der Waals surface area contributed by atoms with E-state index in [9.17, 15) is 0 Å². The minimum absolute atomic E-state index is 0.0617. The minimum Gasteiger partial charge on any atom is -0.463 e. The number of ether oxygens (including phenoxy) is 2. The molecule has 8 heteroatoms. The van der Waals surface area contributed by atoms with Gasteiger partial charge in [0, 0.05) is 32.2 Å². The monoisotopic (exact) mass is 371 g/mol. The van der Waals surface area contributed by atoms with Gasteiger partial charge in [-0.1, -0.05) is 29.8 Å². The third kappa shape index (κ3) is 5.97. The van der Waals surface area contributed by atoms with Crippen LogP contribution in [-0.4, -0.2) is 54.6 Å². The molecule has 27 heavy (non-hydrogen) atoms. The quantitative estimate of drug-likeness (QED) is 0.566. The molecule has 0 spiro atoms. The van der Waals surface area contributed by atoms with E-state index in [1.807, 2.05) is 18.2 Å². The molecule has 1 aromatic heterocycles. The Morgan fingerprint density at radius 1 is 1.22 bits per heavy atom. The number of rotatable bonds is 8. The Morgan fingerprint density at radius 3 is 2.85 bits per heavy atom. The normalized spacial score (nSPS) is 14.7. The Hall–Kier alpha value is -2.58. The second kappa shape index (κ2) is 9.94. The van der Waals surface area contributed by atoms with Crippen LogP contribution in [0.25, 0.3) is 0 Å². The Labute approximate surface area is 158 Å². The van der Waals surface area contributed by atoms with E-state index < -0.39 is 0 Å². The van der Waals surface area contributed by atoms with Crippen molar-refractivity contribution < 1.29 is 14.6 Å². The van der Waals surface area contributed by atoms with Crippen LogP contribution >= 0.6 is 0 Å². The average molecular weight is 371 g/mol. The molecule has 0 bridgehead atoms. The van der Waals surface area contributed by atoms with E-state index in [1.54, 1.807) is 0 Å². The maximum Gasteiger partial charge on any atom is 0.320 e. The van der Waals surface area contributed by atoms with Crippen LogP contribution in [0.5, 0.6) is 6.01 Å². The lowest BCUT2D eigenvalue weighted by molar-refractivity contribution is 0.122. The van der Waals surface area contributed by atoms with Crippen LogP contribution in [0.4, 0.5) is 11.6 Å². The first-order valence-electron chi connectivity index (χ1n) is 9.13. The number of aliphatic hydroxyl groups is 1. The van der Waals surface area contributed by atoms with Crippen LogP contribution in [-0.2, 0) is 11.3 Å². The Morgan fingerprint density at radius 2 is 2.07 bits per heavy atom. The summed E-state index contributed by atoms with van der Waals surface area (Å²) in [5, 5.41) is 17.5. The van der Waals surface area contributed by atoms with Crippen molar-refractivity contribution in [3.63, 3.8) is 0 Å². The highest BCUT2D eigenvalue weighted by atomic mass is 16.5. The highest BCUT2D eigenvalue weighted by Crippen LogP contribution is 2.23. The first-order valence-corrected chi connectivity index (χ1v) is 9.13. The fourth-order valence-corrected chi connectivity index (χ4v) is 2.70. The number of morpholine rings is 1. The molecule has 1 saturated heterocycles. The average Bonchev–Trinajstić information content (AvgIpc) is 2.69. The zero-order valence-corrected chi connectivity index (χ0v) is 15.5. The fourth-order valence-electron chi connectivity index (χ4n) is 2.70. The molecule has 0 aliphatic carbocycles. The van der Waals surface area contributed by atoms with E-state index >= 15 is 0 Å². The number of nitrogens with zero attached hydrogens (tertiary/aromatic N) is 5. The van der Waals surface area contributed by atoms with Crippen molar-refractivity contribution in [1.82, 2.24) is 9.97 Å². The second-order valence-electron chi connectivity index (χ2n) is 6.28. The summed E-state index contributed by atoms with van der Waals surface area (Å²) >= 11 is 0. The maximum absolute atomic E-state index is 8.92. The van der Waals surface area contributed by atoms with Crippen LogP contribution < -0.4 is 9.64 Å². The molecule has 0 saturated carbocycles. The molecule has 1 aliphatic heterocycles. The Bertz CT molecular complexity index is 763. The van der Waals surface area contributed by atoms with Crippen molar-refractivity contribution in [3.8, 4) is 6.01 Å². The van der Waals surface area contributed by atoms with E-state index in [0.717, 1.165) is 24.5 Å². The summed E-state index contributed by atoms with van der Waals surface area (Å²) in [6.45, 7) is 5.79. The zero-order chi connectivity index (χ0) is 18.9. The predicted octanol–water partition coefficient (Wildman–Crippen LogP) is 2.67. The largest absolute Gasteiger partial charge is 0.463 e. The van der Waals surface area contributed by atoms with Crippen molar-refractivity contribution >= 4 is 11.6 Å². The highest BCUT2D eigenvalue weighted by Gasteiger charge is 2.15. The molecule has 2 aromatic rings. The highest BCUT2D eigenvalue weighted by molar-refractivity contribution is 5.47. The summed E-state index contributed by atoms with van der Waals surface area (Å²) in [6.07, 6.45) is 0.523. The van der Waals surface area contributed by atoms with Gasteiger partial charge in [-0.05, 0) is 12.5 Å². The third-order valence-electron chi connectivity index (χ3n) is 4.06. The third-order valence-corrected chi connectivity index (χ3v) is 4.06. The first-order chi connectivity index (χ1) is 13.2. The van der Waals surface area contributed by atoms with Crippen molar-refractivity contribution in [3.05, 3.63) is 41.5 Å². The van der Waals surface area contributed by atoms with Gasteiger partial charge in [-0.2, -0.15) is 15.1 Å². The van der Waals surface area contributed by atoms with Gasteiger partial charge in [-0.25, -0.2) is 0 Å². The molecule has 0 unspecified atom stereocenters. The molecule has 2 heterocycles. The van der Waals surface area contributed by atoms with Crippen LogP contribution in [0, 0.1) is 6.92 Å². The van der Waals surface area contributed by atoms with Crippen molar-refractivity contribution in [2.24, 2.45) is 10.2 Å². The van der Waals surface area contributed by atoms with Gasteiger partial charge in [0.1, 0.15) is 5.82 Å². The summed E-state index contributed by atoms with van der Waals surface area (Å²) in [7, 11) is 0. The molecular weight excluding hydrogens is 346 g/mol. The molecule has 1 fully saturated rings. The van der Waals surface area contributed by atoms with E-state index in [0.29, 0.717) is 38.6 Å². The first kappa shape index (κ1) is 19.2. The van der Waals surface area contributed by atoms with Crippen LogP contribution in [0.2, 0.25) is 0 Å². The van der Waals surface area contributed by atoms with Gasteiger partial charge in [0.2, 0.25) is 0 Å². The van der Waals surface area contributed by atoms with Crippen LogP contribution in [0.3, 0.4) is 0 Å². The number of benzene rings is 1. The molecule has 1 aromatic carbocycles. The van der Waals surface area contributed by atoms with Gasteiger partial charge in [0.25, 0.3) is 0 Å². The second-order valence-corrected chi connectivity index (χ2v) is 6.28. The Balaban J connectivity index is 1.74. The molecule has 144 valence electrons. The smallest absolute Gasteiger partial charge is 0.320 e. The van der Waals surface area contributed by atoms with Gasteiger partial charge in [-0.3, -0.25) is 0 Å². The molecular formula is C19H25N5O3. The van der Waals surface area contributed by atoms with Gasteiger partial charge in [0.15, 0.2) is 5.82 Å². The predicted molar refractivity (Wildman–Crippen MR) is 102 cm³/mol. The van der Waals surface area contributed by atoms with Crippen molar-refractivity contribution in [2.45, 2.75) is 19.9 Å². The molecule has 1 N–H and O–H groups in total. The SMILES string of the molecule is Cc1cccc(CN=Nc2cc(N3CCOCC3)nc(OCCCO)n2)c1. The van der Waals surface area contributed by atoms with Gasteiger partial charge in [-0.15, -0.1) is 5.11 Å². The molecule has 3 rings (SSSR count). The van der Waals surface area contributed by atoms with E-state index in [2.05, 4.69) is 44.2 Å². The summed E-state index contributed by atoms with van der Waals surface area (Å²) in [6, 6.07) is 10.2. The molecule has 0 amide bonds. The van der Waals surface area contributed by atoms with Crippen LogP contribution in [0.1, 0.15) is 17.5 Å². The number of hydrogen-bond acceptors (Lipinski definition) is 8. The summed E-state index contributed by atoms with van der Waals surface area (Å²) in [5.74, 6) is 1.20. The number of aliphatic hydroxyl groups excluding tert-OH is 1. The van der Waals surface area contributed by atoms with Gasteiger partial charge >= 0.3 is 6.01 Å². The van der Waals surface area contributed by atoms with E-state index in [1.165, 1.54) is 5.56 Å². The Kier molecular flexibility index (Phi) is 7.06. The van der Waals surface area contributed by atoms with E-state index in [-0.39, 0.29) is 12.6 Å². The fraction of sp³-hybridized carbons (Fsp3) is 0.474. The zero-order valence-electron chi connectivity index (χ0n) is 15.5. The lowest BCUT2D eigenvalue weighted by Gasteiger charge is -2.27. The minimum atomic E-state index is 0.0617. The topological polar surface area (TPSA) is 92.4 Å². The molecule has 0 atom stereocenters. The molecule has 8 nitrogen and oxygen atoms in total. The summed E-state index contributed by atoms with van der Waals surface area (Å²) in [5.41, 5.74) is 2.29. The molecule has 1 aliphatic rings. The lowest BCUT2D eigenvalue weighted by Crippen LogP contribution is -2.36. The maximum atomic E-state index is 8.92. The van der Waals surface area contributed by atoms with Crippen molar-refractivity contribution in [2.75, 3.05) is 44.4 Å². The number of aryl methyl sites for hydroxylation is 1. The van der Waals surface area contributed by atoms with Gasteiger partial charge < -0.3 is 19.5 Å². The van der Waals surface area contributed by atoms with Gasteiger partial charge in [0.05, 0.1) is 26.4 Å². The number of anilines is 1. The number of azo groups is 1. The summed E-state index contributed by atoms with van der Waals surface area (Å²) in [4.78, 5) is 10.9.